The van der Waals surface area contributed by atoms with E-state index in [0.29, 0.717) is 12.1 Å². The first-order valence-corrected chi connectivity index (χ1v) is 7.84. The standard InChI is InChI=1S/C13H14FN5.C3H5F.C2H6/c14-6-1-2-7-19-8-5-10-9-11(3-4-12(10)19)13(15)17-18-16;1-2-3-4;1-2/h1-5,8-9H,6-7H2,(H3,15,16,17);2H,1,3H2;1-2H3/b2-1+;;. The van der Waals surface area contributed by atoms with Crippen LogP contribution in [-0.4, -0.2) is 23.8 Å². The minimum absolute atomic E-state index is 0.0227. The van der Waals surface area contributed by atoms with Crippen LogP contribution in [0.15, 0.2) is 65.6 Å². The number of nitrogens with zero attached hydrogens (tertiary/aromatic N) is 3. The summed E-state index contributed by atoms with van der Waals surface area (Å²) in [5.74, 6) is 4.95. The predicted octanol–water partition coefficient (Wildman–Crippen LogP) is 4.99. The van der Waals surface area contributed by atoms with Gasteiger partial charge in [0.05, 0.1) is 0 Å². The Bertz CT molecular complexity index is 705. The first kappa shape index (κ1) is 22.2. The molecule has 25 heavy (non-hydrogen) atoms. The second kappa shape index (κ2) is 13.6. The summed E-state index contributed by atoms with van der Waals surface area (Å²) in [6.07, 6.45) is 6.39. The lowest BCUT2D eigenvalue weighted by atomic mass is 10.1. The van der Waals surface area contributed by atoms with Crippen LogP contribution in [0.25, 0.3) is 10.9 Å². The summed E-state index contributed by atoms with van der Waals surface area (Å²) in [5.41, 5.74) is 1.67. The molecule has 5 nitrogen and oxygen atoms in total. The minimum Gasteiger partial charge on any atom is -0.344 e. The quantitative estimate of drug-likeness (QED) is 0.196. The first-order chi connectivity index (χ1) is 12.2. The molecule has 1 heterocycles. The van der Waals surface area contributed by atoms with Gasteiger partial charge in [-0.2, -0.15) is 0 Å². The number of allylic oxidation sites excluding steroid dienone is 3. The van der Waals surface area contributed by atoms with Crippen molar-refractivity contribution < 1.29 is 8.78 Å². The highest BCUT2D eigenvalue weighted by Crippen LogP contribution is 2.18. The Morgan fingerprint density at radius 3 is 2.48 bits per heavy atom. The molecule has 0 bridgehead atoms. The summed E-state index contributed by atoms with van der Waals surface area (Å²) in [4.78, 5) is 0. The van der Waals surface area contributed by atoms with Gasteiger partial charge in [-0.05, 0) is 24.3 Å². The largest absolute Gasteiger partial charge is 0.344 e. The zero-order valence-electron chi connectivity index (χ0n) is 14.6. The number of hydrogen-bond donors (Lipinski definition) is 2. The molecule has 0 saturated carbocycles. The lowest BCUT2D eigenvalue weighted by Gasteiger charge is -2.02. The third-order valence-electron chi connectivity index (χ3n) is 2.87. The molecule has 0 radical (unpaired) electrons. The highest BCUT2D eigenvalue weighted by atomic mass is 19.1. The molecule has 0 atom stereocenters. The van der Waals surface area contributed by atoms with Crippen molar-refractivity contribution in [3.63, 3.8) is 0 Å². The molecule has 1 aromatic heterocycles. The van der Waals surface area contributed by atoms with Crippen LogP contribution in [0.3, 0.4) is 0 Å². The summed E-state index contributed by atoms with van der Waals surface area (Å²) >= 11 is 0. The Labute approximate surface area is 147 Å². The number of fused-ring (bicyclic) bond motifs is 1. The van der Waals surface area contributed by atoms with E-state index in [0.717, 1.165) is 10.9 Å². The van der Waals surface area contributed by atoms with Gasteiger partial charge in [-0.3, -0.25) is 5.41 Å². The SMILES string of the molecule is C=CCF.CC.N=C(N=NN)c1ccc2c(ccn2C/C=C/CF)c1. The van der Waals surface area contributed by atoms with Crippen LogP contribution < -0.4 is 5.84 Å². The molecule has 0 unspecified atom stereocenters. The molecule has 0 amide bonds. The van der Waals surface area contributed by atoms with Crippen LogP contribution in [0.2, 0.25) is 0 Å². The molecule has 136 valence electrons. The van der Waals surface area contributed by atoms with Gasteiger partial charge in [0.15, 0.2) is 5.84 Å². The fraction of sp³-hybridized carbons (Fsp3) is 0.278. The monoisotopic (exact) mass is 349 g/mol. The smallest absolute Gasteiger partial charge is 0.176 e. The Hall–Kier alpha value is -2.83. The number of hydrogen-bond acceptors (Lipinski definition) is 2. The Balaban J connectivity index is 0.000000845. The number of benzene rings is 1. The normalized spacial score (nSPS) is 10.2. The van der Waals surface area contributed by atoms with E-state index in [1.54, 1.807) is 12.1 Å². The molecule has 7 heteroatoms. The van der Waals surface area contributed by atoms with E-state index in [2.05, 4.69) is 16.9 Å². The molecule has 2 rings (SSSR count). The molecule has 1 aromatic carbocycles. The van der Waals surface area contributed by atoms with Gasteiger partial charge in [-0.25, -0.2) is 8.78 Å². The highest BCUT2D eigenvalue weighted by Gasteiger charge is 2.04. The Kier molecular flexibility index (Phi) is 12.1. The zero-order valence-corrected chi connectivity index (χ0v) is 14.6. The van der Waals surface area contributed by atoms with Crippen molar-refractivity contribution in [3.8, 4) is 0 Å². The first-order valence-electron chi connectivity index (χ1n) is 7.84. The number of rotatable bonds is 5. The van der Waals surface area contributed by atoms with Crippen molar-refractivity contribution in [2.75, 3.05) is 13.3 Å². The van der Waals surface area contributed by atoms with Gasteiger partial charge in [-0.15, -0.1) is 11.7 Å². The van der Waals surface area contributed by atoms with E-state index in [9.17, 15) is 8.78 Å². The molecule has 0 fully saturated rings. The fourth-order valence-electron chi connectivity index (χ4n) is 1.87. The van der Waals surface area contributed by atoms with Crippen molar-refractivity contribution >= 4 is 16.7 Å². The lowest BCUT2D eigenvalue weighted by molar-refractivity contribution is 0.560. The zero-order chi connectivity index (χ0) is 19.1. The third-order valence-corrected chi connectivity index (χ3v) is 2.87. The number of alkyl halides is 2. The Morgan fingerprint density at radius 2 is 1.92 bits per heavy atom. The third kappa shape index (κ3) is 7.52. The van der Waals surface area contributed by atoms with E-state index in [-0.39, 0.29) is 5.84 Å². The number of halogens is 2. The van der Waals surface area contributed by atoms with Gasteiger partial charge in [0, 0.05) is 29.2 Å². The number of nitrogens with two attached hydrogens (primary N) is 1. The maximum Gasteiger partial charge on any atom is 0.176 e. The summed E-state index contributed by atoms with van der Waals surface area (Å²) in [6.45, 7) is 6.85. The maximum atomic E-state index is 12.0. The van der Waals surface area contributed by atoms with Gasteiger partial charge < -0.3 is 10.4 Å². The molecular weight excluding hydrogens is 324 g/mol. The van der Waals surface area contributed by atoms with Crippen LogP contribution in [0, 0.1) is 5.41 Å². The van der Waals surface area contributed by atoms with Crippen molar-refractivity contribution in [2.24, 2.45) is 16.2 Å². The van der Waals surface area contributed by atoms with Gasteiger partial charge in [0.1, 0.15) is 13.3 Å². The second-order valence-electron chi connectivity index (χ2n) is 4.37. The molecule has 2 aromatic rings. The van der Waals surface area contributed by atoms with Crippen molar-refractivity contribution in [1.29, 1.82) is 5.41 Å². The molecule has 0 saturated heterocycles. The molecule has 0 aliphatic rings. The fourth-order valence-corrected chi connectivity index (χ4v) is 1.87. The summed E-state index contributed by atoms with van der Waals surface area (Å²) < 4.78 is 24.6. The van der Waals surface area contributed by atoms with Crippen molar-refractivity contribution in [1.82, 2.24) is 4.57 Å². The predicted molar refractivity (Wildman–Crippen MR) is 100 cm³/mol. The van der Waals surface area contributed by atoms with E-state index in [1.165, 1.54) is 12.2 Å². The minimum atomic E-state index is -0.454. The topological polar surface area (TPSA) is 79.5 Å². The molecule has 0 aliphatic carbocycles. The molecular formula is C18H25F2N5. The number of amidine groups is 1. The second-order valence-corrected chi connectivity index (χ2v) is 4.37. The van der Waals surface area contributed by atoms with Crippen LogP contribution >= 0.6 is 0 Å². The molecule has 3 N–H and O–H groups in total. The number of nitrogens with one attached hydrogen (secondary N) is 1. The maximum absolute atomic E-state index is 12.0. The van der Waals surface area contributed by atoms with E-state index in [4.69, 9.17) is 11.3 Å². The van der Waals surface area contributed by atoms with Crippen LogP contribution in [0.4, 0.5) is 8.78 Å². The van der Waals surface area contributed by atoms with E-state index >= 15 is 0 Å². The number of aromatic nitrogens is 1. The Morgan fingerprint density at radius 1 is 1.24 bits per heavy atom. The van der Waals surface area contributed by atoms with Crippen molar-refractivity contribution in [3.05, 3.63) is 60.8 Å². The molecule has 0 aliphatic heterocycles. The highest BCUT2D eigenvalue weighted by molar-refractivity contribution is 6.00. The summed E-state index contributed by atoms with van der Waals surface area (Å²) in [7, 11) is 0. The summed E-state index contributed by atoms with van der Waals surface area (Å²) in [5, 5.41) is 15.2. The summed E-state index contributed by atoms with van der Waals surface area (Å²) in [6, 6.07) is 7.47. The van der Waals surface area contributed by atoms with Gasteiger partial charge in [0.2, 0.25) is 0 Å². The average Bonchev–Trinajstić information content (AvgIpc) is 3.06. The lowest BCUT2D eigenvalue weighted by Crippen LogP contribution is -1.96. The van der Waals surface area contributed by atoms with E-state index in [1.807, 2.05) is 42.8 Å². The molecule has 0 spiro atoms. The van der Waals surface area contributed by atoms with Crippen molar-refractivity contribution in [2.45, 2.75) is 20.4 Å². The van der Waals surface area contributed by atoms with Crippen LogP contribution in [0.5, 0.6) is 0 Å². The average molecular weight is 349 g/mol. The van der Waals surface area contributed by atoms with Gasteiger partial charge in [0.25, 0.3) is 0 Å². The van der Waals surface area contributed by atoms with Crippen LogP contribution in [-0.2, 0) is 6.54 Å². The van der Waals surface area contributed by atoms with Gasteiger partial charge in [-0.1, -0.05) is 37.3 Å². The van der Waals surface area contributed by atoms with Gasteiger partial charge >= 0.3 is 0 Å². The van der Waals surface area contributed by atoms with Crippen LogP contribution in [0.1, 0.15) is 19.4 Å². The van der Waals surface area contributed by atoms with E-state index < -0.39 is 13.3 Å².